The van der Waals surface area contributed by atoms with Gasteiger partial charge in [-0.25, -0.2) is 0 Å². The molecule has 218 valence electrons. The largest absolute Gasteiger partial charge is 0.272 e. The Bertz CT molecular complexity index is 1320. The van der Waals surface area contributed by atoms with Crippen molar-refractivity contribution in [1.82, 2.24) is 10.0 Å². The molecular formula is C28H28N6O8. The summed E-state index contributed by atoms with van der Waals surface area (Å²) in [6.07, 6.45) is 5.08. The second-order valence-corrected chi connectivity index (χ2v) is 11.1. The quantitative estimate of drug-likeness (QED) is 0.268. The van der Waals surface area contributed by atoms with Crippen LogP contribution in [0.15, 0.2) is 48.5 Å². The number of non-ortho nitro benzene ring substituents is 2. The van der Waals surface area contributed by atoms with Gasteiger partial charge >= 0.3 is 0 Å². The molecule has 0 bridgehead atoms. The standard InChI is InChI=1S/C28H28N6O8/c35-25-21-5-1-2-6-22(21)26(36)29(25)31(17-9-13-19(14-10-17)33(39)40)32(18-11-15-20(16-12-18)34(41)42)30-27(37)23-7-3-4-8-24(23)28(30)38/h9-16,21-24H,1-8H2. The lowest BCUT2D eigenvalue weighted by molar-refractivity contribution is -0.385. The van der Waals surface area contributed by atoms with Crippen LogP contribution in [0.5, 0.6) is 0 Å². The van der Waals surface area contributed by atoms with E-state index in [1.807, 2.05) is 0 Å². The Labute approximate surface area is 239 Å². The maximum absolute atomic E-state index is 13.9. The smallest absolute Gasteiger partial charge is 0.269 e. The molecule has 2 heterocycles. The number of anilines is 2. The van der Waals surface area contributed by atoms with Gasteiger partial charge in [0.2, 0.25) is 0 Å². The summed E-state index contributed by atoms with van der Waals surface area (Å²) >= 11 is 0. The lowest BCUT2D eigenvalue weighted by atomic mass is 9.81. The number of nitro groups is 2. The minimum Gasteiger partial charge on any atom is -0.272 e. The molecule has 2 saturated heterocycles. The summed E-state index contributed by atoms with van der Waals surface area (Å²) in [5, 5.41) is 26.9. The molecule has 4 aliphatic rings. The fraction of sp³-hybridized carbons (Fsp3) is 0.429. The number of carbonyl (C=O) groups excluding carboxylic acids is 4. The van der Waals surface area contributed by atoms with Crippen LogP contribution in [-0.2, 0) is 19.2 Å². The number of hydrogen-bond donors (Lipinski definition) is 0. The van der Waals surface area contributed by atoms with Crippen LogP contribution in [0.1, 0.15) is 51.4 Å². The van der Waals surface area contributed by atoms with E-state index in [-0.39, 0.29) is 22.7 Å². The van der Waals surface area contributed by atoms with Crippen molar-refractivity contribution >= 4 is 46.4 Å². The van der Waals surface area contributed by atoms with Gasteiger partial charge in [-0.3, -0.25) is 39.4 Å². The van der Waals surface area contributed by atoms with Crippen molar-refractivity contribution in [3.63, 3.8) is 0 Å². The molecule has 4 atom stereocenters. The molecule has 4 amide bonds. The van der Waals surface area contributed by atoms with Crippen molar-refractivity contribution in [3.8, 4) is 0 Å². The molecule has 2 saturated carbocycles. The van der Waals surface area contributed by atoms with Crippen LogP contribution in [0.2, 0.25) is 0 Å². The first kappa shape index (κ1) is 27.3. The van der Waals surface area contributed by atoms with E-state index in [4.69, 9.17) is 0 Å². The number of benzene rings is 2. The molecule has 0 spiro atoms. The molecule has 2 aromatic carbocycles. The normalized spacial score (nSPS) is 25.3. The number of rotatable bonds is 7. The highest BCUT2D eigenvalue weighted by Gasteiger charge is 2.56. The van der Waals surface area contributed by atoms with Crippen LogP contribution in [0, 0.1) is 43.9 Å². The van der Waals surface area contributed by atoms with E-state index < -0.39 is 57.1 Å². The minimum atomic E-state index is -0.596. The van der Waals surface area contributed by atoms with Crippen molar-refractivity contribution in [2.75, 3.05) is 10.2 Å². The lowest BCUT2D eigenvalue weighted by Crippen LogP contribution is -2.64. The number of fused-ring (bicyclic) bond motifs is 2. The Balaban J connectivity index is 1.54. The van der Waals surface area contributed by atoms with E-state index in [0.29, 0.717) is 25.7 Å². The van der Waals surface area contributed by atoms with Crippen molar-refractivity contribution in [3.05, 3.63) is 68.8 Å². The number of nitro benzene ring substituents is 2. The number of hydrogen-bond acceptors (Lipinski definition) is 10. The third-order valence-corrected chi connectivity index (χ3v) is 8.78. The molecule has 2 aromatic rings. The van der Waals surface area contributed by atoms with E-state index in [1.165, 1.54) is 48.5 Å². The van der Waals surface area contributed by atoms with Crippen LogP contribution in [0.4, 0.5) is 22.7 Å². The predicted molar refractivity (Wildman–Crippen MR) is 146 cm³/mol. The van der Waals surface area contributed by atoms with Crippen molar-refractivity contribution < 1.29 is 29.0 Å². The summed E-state index contributed by atoms with van der Waals surface area (Å²) in [5.74, 6) is -4.37. The first-order valence-corrected chi connectivity index (χ1v) is 14.0. The van der Waals surface area contributed by atoms with E-state index in [1.54, 1.807) is 0 Å². The summed E-state index contributed by atoms with van der Waals surface area (Å²) in [6, 6.07) is 10.1. The van der Waals surface area contributed by atoms with Crippen LogP contribution in [0.25, 0.3) is 0 Å². The Kier molecular flexibility index (Phi) is 6.83. The van der Waals surface area contributed by atoms with E-state index in [0.717, 1.165) is 45.9 Å². The summed E-state index contributed by atoms with van der Waals surface area (Å²) < 4.78 is 0. The van der Waals surface area contributed by atoms with E-state index in [9.17, 15) is 39.4 Å². The van der Waals surface area contributed by atoms with E-state index in [2.05, 4.69) is 0 Å². The van der Waals surface area contributed by atoms with Crippen LogP contribution >= 0.6 is 0 Å². The van der Waals surface area contributed by atoms with Crippen molar-refractivity contribution in [2.45, 2.75) is 51.4 Å². The van der Waals surface area contributed by atoms with Crippen LogP contribution in [0.3, 0.4) is 0 Å². The average Bonchev–Trinajstić information content (AvgIpc) is 3.40. The van der Waals surface area contributed by atoms with Gasteiger partial charge in [0.05, 0.1) is 44.9 Å². The van der Waals surface area contributed by atoms with Crippen molar-refractivity contribution in [1.29, 1.82) is 0 Å². The fourth-order valence-corrected chi connectivity index (χ4v) is 6.70. The first-order chi connectivity index (χ1) is 20.2. The Hall–Kier alpha value is -4.88. The van der Waals surface area contributed by atoms with Gasteiger partial charge in [-0.15, -0.1) is 0 Å². The zero-order valence-corrected chi connectivity index (χ0v) is 22.5. The van der Waals surface area contributed by atoms with Crippen LogP contribution in [-0.4, -0.2) is 43.5 Å². The molecular weight excluding hydrogens is 548 g/mol. The van der Waals surface area contributed by atoms with E-state index >= 15 is 0 Å². The SMILES string of the molecule is O=C1C2CCCCC2C(=O)N1N(c1ccc([N+](=O)[O-])cc1)N(c1ccc([N+](=O)[O-])cc1)N1C(=O)C2CCCCC2C1=O. The molecule has 4 unspecified atom stereocenters. The highest BCUT2D eigenvalue weighted by Crippen LogP contribution is 2.44. The number of hydrazine groups is 3. The number of imide groups is 2. The fourth-order valence-electron chi connectivity index (χ4n) is 6.70. The van der Waals surface area contributed by atoms with Gasteiger partial charge in [-0.2, -0.15) is 20.3 Å². The summed E-state index contributed by atoms with van der Waals surface area (Å²) in [5.41, 5.74) is -0.273. The predicted octanol–water partition coefficient (Wildman–Crippen LogP) is 3.91. The van der Waals surface area contributed by atoms with Gasteiger partial charge in [0.15, 0.2) is 0 Å². The van der Waals surface area contributed by atoms with Gasteiger partial charge < -0.3 is 0 Å². The number of amides is 4. The zero-order chi connectivity index (χ0) is 29.7. The minimum absolute atomic E-state index is 0.106. The molecule has 6 rings (SSSR count). The van der Waals surface area contributed by atoms with Gasteiger partial charge in [-0.1, -0.05) is 25.7 Å². The molecule has 0 N–H and O–H groups in total. The van der Waals surface area contributed by atoms with Crippen LogP contribution < -0.4 is 10.2 Å². The summed E-state index contributed by atoms with van der Waals surface area (Å²) in [6.45, 7) is 0. The second kappa shape index (κ2) is 10.5. The molecule has 2 aliphatic carbocycles. The maximum Gasteiger partial charge on any atom is 0.269 e. The maximum atomic E-state index is 13.9. The van der Waals surface area contributed by atoms with Gasteiger partial charge in [0.25, 0.3) is 35.0 Å². The van der Waals surface area contributed by atoms with Gasteiger partial charge in [0.1, 0.15) is 0 Å². The van der Waals surface area contributed by atoms with Crippen molar-refractivity contribution in [2.24, 2.45) is 23.7 Å². The molecule has 42 heavy (non-hydrogen) atoms. The van der Waals surface area contributed by atoms with Gasteiger partial charge in [-0.05, 0) is 49.9 Å². The Morgan fingerprint density at radius 1 is 0.524 bits per heavy atom. The second-order valence-electron chi connectivity index (χ2n) is 11.1. The highest BCUT2D eigenvalue weighted by molar-refractivity contribution is 6.09. The molecule has 2 aliphatic heterocycles. The monoisotopic (exact) mass is 576 g/mol. The molecule has 14 nitrogen and oxygen atoms in total. The first-order valence-electron chi connectivity index (χ1n) is 14.0. The lowest BCUT2D eigenvalue weighted by Gasteiger charge is -2.44. The zero-order valence-electron chi connectivity index (χ0n) is 22.5. The highest BCUT2D eigenvalue weighted by atomic mass is 16.6. The molecule has 14 heteroatoms. The number of nitrogens with zero attached hydrogens (tertiary/aromatic N) is 6. The molecule has 4 fully saturated rings. The third-order valence-electron chi connectivity index (χ3n) is 8.78. The Morgan fingerprint density at radius 3 is 1.02 bits per heavy atom. The molecule has 0 radical (unpaired) electrons. The third kappa shape index (κ3) is 4.33. The Morgan fingerprint density at radius 2 is 0.786 bits per heavy atom. The number of carbonyl (C=O) groups is 4. The topological polar surface area (TPSA) is 168 Å². The summed E-state index contributed by atoms with van der Waals surface area (Å²) in [4.78, 5) is 77.2. The average molecular weight is 577 g/mol. The molecule has 0 aromatic heterocycles. The van der Waals surface area contributed by atoms with Gasteiger partial charge in [0, 0.05) is 24.3 Å². The summed E-state index contributed by atoms with van der Waals surface area (Å²) in [7, 11) is 0.